The second kappa shape index (κ2) is 8.87. The van der Waals surface area contributed by atoms with Gasteiger partial charge in [-0.05, 0) is 42.7 Å². The molecule has 132 valence electrons. The molecule has 0 saturated carbocycles. The topological polar surface area (TPSA) is 49.4 Å². The number of anilines is 1. The molecule has 4 nitrogen and oxygen atoms in total. The van der Waals surface area contributed by atoms with Crippen LogP contribution in [0.4, 0.5) is 5.69 Å². The van der Waals surface area contributed by atoms with Crippen molar-refractivity contribution in [2.24, 2.45) is 0 Å². The molecule has 2 amide bonds. The minimum Gasteiger partial charge on any atom is -0.345 e. The second-order valence-corrected chi connectivity index (χ2v) is 6.29. The number of hydrogen-bond donors (Lipinski definition) is 1. The summed E-state index contributed by atoms with van der Waals surface area (Å²) in [7, 11) is 0. The average Bonchev–Trinajstić information content (AvgIpc) is 2.67. The van der Waals surface area contributed by atoms with Crippen molar-refractivity contribution < 1.29 is 9.59 Å². The number of nitrogens with zero attached hydrogens (tertiary/aromatic N) is 1. The van der Waals surface area contributed by atoms with Crippen LogP contribution in [0.25, 0.3) is 0 Å². The fourth-order valence-corrected chi connectivity index (χ4v) is 2.94. The van der Waals surface area contributed by atoms with Gasteiger partial charge in [-0.15, -0.1) is 0 Å². The van der Waals surface area contributed by atoms with Crippen molar-refractivity contribution in [1.82, 2.24) is 5.32 Å². The van der Waals surface area contributed by atoms with Crippen molar-refractivity contribution >= 4 is 17.5 Å². The van der Waals surface area contributed by atoms with Crippen LogP contribution in [0.1, 0.15) is 30.4 Å². The number of carbonyl (C=O) groups excluding carboxylic acids is 2. The Morgan fingerprint density at radius 2 is 1.81 bits per heavy atom. The first-order valence-corrected chi connectivity index (χ1v) is 8.92. The van der Waals surface area contributed by atoms with Gasteiger partial charge in [0.05, 0.1) is 13.0 Å². The summed E-state index contributed by atoms with van der Waals surface area (Å²) in [5, 5.41) is 2.80. The van der Waals surface area contributed by atoms with Crippen LogP contribution in [-0.2, 0) is 16.0 Å². The molecule has 0 bridgehead atoms. The maximum absolute atomic E-state index is 11.9. The summed E-state index contributed by atoms with van der Waals surface area (Å²) < 4.78 is 0. The molecule has 0 aliphatic carbocycles. The first-order chi connectivity index (χ1) is 12.7. The fourth-order valence-electron chi connectivity index (χ4n) is 2.94. The predicted molar refractivity (Wildman–Crippen MR) is 103 cm³/mol. The monoisotopic (exact) mass is 346 g/mol. The molecule has 0 radical (unpaired) electrons. The van der Waals surface area contributed by atoms with Crippen molar-refractivity contribution in [1.29, 1.82) is 0 Å². The van der Waals surface area contributed by atoms with Gasteiger partial charge in [0.1, 0.15) is 0 Å². The average molecular weight is 346 g/mol. The Bertz CT molecular complexity index is 817. The van der Waals surface area contributed by atoms with E-state index < -0.39 is 0 Å². The van der Waals surface area contributed by atoms with Crippen molar-refractivity contribution in [3.63, 3.8) is 0 Å². The summed E-state index contributed by atoms with van der Waals surface area (Å²) in [6.07, 6.45) is 3.02. The number of benzene rings is 2. The largest absolute Gasteiger partial charge is 0.345 e. The zero-order valence-electron chi connectivity index (χ0n) is 14.7. The van der Waals surface area contributed by atoms with Gasteiger partial charge in [0.2, 0.25) is 11.8 Å². The van der Waals surface area contributed by atoms with Crippen LogP contribution < -0.4 is 10.2 Å². The molecule has 2 aromatic rings. The SMILES string of the molecule is O=C(Cc1ccccc1)NCC#Cc1ccc(N2CCCCC2=O)cc1. The molecule has 1 heterocycles. The van der Waals surface area contributed by atoms with E-state index >= 15 is 0 Å². The van der Waals surface area contributed by atoms with E-state index in [4.69, 9.17) is 0 Å². The Morgan fingerprint density at radius 1 is 1.04 bits per heavy atom. The van der Waals surface area contributed by atoms with Crippen LogP contribution in [0.2, 0.25) is 0 Å². The quantitative estimate of drug-likeness (QED) is 0.866. The van der Waals surface area contributed by atoms with Crippen molar-refractivity contribution in [2.75, 3.05) is 18.0 Å². The molecule has 2 aromatic carbocycles. The maximum atomic E-state index is 11.9. The zero-order chi connectivity index (χ0) is 18.2. The van der Waals surface area contributed by atoms with E-state index in [1.165, 1.54) is 0 Å². The van der Waals surface area contributed by atoms with Gasteiger partial charge in [-0.1, -0.05) is 42.2 Å². The first-order valence-electron chi connectivity index (χ1n) is 8.92. The first kappa shape index (κ1) is 17.8. The van der Waals surface area contributed by atoms with Crippen LogP contribution in [0.3, 0.4) is 0 Å². The van der Waals surface area contributed by atoms with Gasteiger partial charge in [-0.2, -0.15) is 0 Å². The number of rotatable bonds is 4. The summed E-state index contributed by atoms with van der Waals surface area (Å²) in [6, 6.07) is 17.3. The Kier molecular flexibility index (Phi) is 6.05. The molecule has 1 aliphatic rings. The Hall–Kier alpha value is -3.06. The van der Waals surface area contributed by atoms with E-state index in [2.05, 4.69) is 17.2 Å². The van der Waals surface area contributed by atoms with Crippen LogP contribution in [0.5, 0.6) is 0 Å². The smallest absolute Gasteiger partial charge is 0.226 e. The van der Waals surface area contributed by atoms with Gasteiger partial charge in [-0.25, -0.2) is 0 Å². The highest BCUT2D eigenvalue weighted by Gasteiger charge is 2.19. The molecule has 0 atom stereocenters. The summed E-state index contributed by atoms with van der Waals surface area (Å²) in [6.45, 7) is 1.11. The number of hydrogen-bond acceptors (Lipinski definition) is 2. The van der Waals surface area contributed by atoms with Crippen molar-refractivity contribution in [3.8, 4) is 11.8 Å². The Morgan fingerprint density at radius 3 is 2.54 bits per heavy atom. The van der Waals surface area contributed by atoms with Gasteiger partial charge < -0.3 is 10.2 Å². The third kappa shape index (κ3) is 4.97. The van der Waals surface area contributed by atoms with E-state index in [1.807, 2.05) is 59.5 Å². The zero-order valence-corrected chi connectivity index (χ0v) is 14.7. The van der Waals surface area contributed by atoms with Crippen molar-refractivity contribution in [3.05, 3.63) is 65.7 Å². The van der Waals surface area contributed by atoms with Crippen LogP contribution >= 0.6 is 0 Å². The second-order valence-electron chi connectivity index (χ2n) is 6.29. The summed E-state index contributed by atoms with van der Waals surface area (Å²) in [5.41, 5.74) is 2.78. The molecule has 1 saturated heterocycles. The third-order valence-corrected chi connectivity index (χ3v) is 4.32. The fraction of sp³-hybridized carbons (Fsp3) is 0.273. The van der Waals surface area contributed by atoms with Crippen molar-refractivity contribution in [2.45, 2.75) is 25.7 Å². The lowest BCUT2D eigenvalue weighted by atomic mass is 10.1. The van der Waals surface area contributed by atoms with Gasteiger partial charge in [0, 0.05) is 24.2 Å². The number of amides is 2. The minimum absolute atomic E-state index is 0.0375. The molecular weight excluding hydrogens is 324 g/mol. The normalized spacial score (nSPS) is 13.7. The number of carbonyl (C=O) groups is 2. The standard InChI is InChI=1S/C22H22N2O2/c25-21(17-19-7-2-1-3-8-19)23-15-6-9-18-11-13-20(14-12-18)24-16-5-4-10-22(24)26/h1-3,7-8,11-14H,4-5,10,15-17H2,(H,23,25). The highest BCUT2D eigenvalue weighted by atomic mass is 16.2. The third-order valence-electron chi connectivity index (χ3n) is 4.32. The van der Waals surface area contributed by atoms with E-state index in [0.717, 1.165) is 36.2 Å². The molecule has 0 aromatic heterocycles. The molecule has 3 rings (SSSR count). The molecule has 4 heteroatoms. The molecule has 1 N–H and O–H groups in total. The minimum atomic E-state index is -0.0375. The number of piperidine rings is 1. The van der Waals surface area contributed by atoms with E-state index in [-0.39, 0.29) is 11.8 Å². The highest BCUT2D eigenvalue weighted by Crippen LogP contribution is 2.20. The van der Waals surface area contributed by atoms with Crippen LogP contribution in [0.15, 0.2) is 54.6 Å². The molecule has 0 unspecified atom stereocenters. The molecular formula is C22H22N2O2. The summed E-state index contributed by atoms with van der Waals surface area (Å²) in [4.78, 5) is 25.6. The lowest BCUT2D eigenvalue weighted by molar-refractivity contribution is -0.120. The van der Waals surface area contributed by atoms with E-state index in [1.54, 1.807) is 0 Å². The molecule has 1 aliphatic heterocycles. The Labute approximate surface area is 154 Å². The summed E-state index contributed by atoms with van der Waals surface area (Å²) in [5.74, 6) is 6.15. The lowest BCUT2D eigenvalue weighted by Gasteiger charge is -2.26. The van der Waals surface area contributed by atoms with Gasteiger partial charge in [0.15, 0.2) is 0 Å². The number of nitrogens with one attached hydrogen (secondary N) is 1. The highest BCUT2D eigenvalue weighted by molar-refractivity contribution is 5.94. The lowest BCUT2D eigenvalue weighted by Crippen LogP contribution is -2.35. The van der Waals surface area contributed by atoms with Gasteiger partial charge in [-0.3, -0.25) is 9.59 Å². The Balaban J connectivity index is 1.49. The van der Waals surface area contributed by atoms with Gasteiger partial charge >= 0.3 is 0 Å². The molecule has 0 spiro atoms. The van der Waals surface area contributed by atoms with E-state index in [9.17, 15) is 9.59 Å². The molecule has 1 fully saturated rings. The van der Waals surface area contributed by atoms with Crippen LogP contribution in [-0.4, -0.2) is 24.9 Å². The molecule has 26 heavy (non-hydrogen) atoms. The summed E-state index contributed by atoms with van der Waals surface area (Å²) >= 11 is 0. The maximum Gasteiger partial charge on any atom is 0.226 e. The van der Waals surface area contributed by atoms with E-state index in [0.29, 0.717) is 19.4 Å². The van der Waals surface area contributed by atoms with Gasteiger partial charge in [0.25, 0.3) is 0 Å². The van der Waals surface area contributed by atoms with Crippen LogP contribution in [0, 0.1) is 11.8 Å². The predicted octanol–water partition coefficient (Wildman–Crippen LogP) is 2.91.